The Labute approximate surface area is 233 Å². The number of hydrogen-bond donors (Lipinski definition) is 1. The Kier molecular flexibility index (Phi) is 5.70. The molecule has 0 spiro atoms. The molecule has 0 amide bonds. The number of para-hydroxylation sites is 5. The second kappa shape index (κ2) is 9.54. The molecule has 0 saturated carbocycles. The van der Waals surface area contributed by atoms with E-state index in [0.29, 0.717) is 5.84 Å². The topological polar surface area (TPSA) is 67.0 Å². The third-order valence-corrected chi connectivity index (χ3v) is 7.46. The van der Waals surface area contributed by atoms with Crippen LogP contribution in [0.3, 0.4) is 0 Å². The first kappa shape index (κ1) is 23.9. The van der Waals surface area contributed by atoms with Crippen LogP contribution >= 0.6 is 0 Å². The highest BCUT2D eigenvalue weighted by molar-refractivity contribution is 6.52. The van der Waals surface area contributed by atoms with E-state index in [1.165, 1.54) is 0 Å². The summed E-state index contributed by atoms with van der Waals surface area (Å²) in [6.07, 6.45) is 0. The average molecular weight is 525 g/mol. The number of fused-ring (bicyclic) bond motifs is 4. The lowest BCUT2D eigenvalue weighted by Gasteiger charge is -2.42. The van der Waals surface area contributed by atoms with Gasteiger partial charge in [0, 0.05) is 11.1 Å². The number of methoxy groups -OCH3 is 1. The lowest BCUT2D eigenvalue weighted by atomic mass is 9.92. The zero-order chi connectivity index (χ0) is 27.2. The number of aromatic nitrogens is 2. The standard InChI is InChI=1S/C33H28N6O/c1-21-13-7-9-17-25(21)34-31-33-36-32-29(22(2)37-39(32)23-14-5-4-6-15-23)30(24-16-8-12-20-28(24)40-3)38(33)27-19-11-10-18-26(27)35-31/h4-20,30H,1-3H3,(H,34,35)/t30-/m0/s1. The quantitative estimate of drug-likeness (QED) is 0.268. The van der Waals surface area contributed by atoms with Gasteiger partial charge in [0.05, 0.1) is 41.6 Å². The van der Waals surface area contributed by atoms with E-state index in [-0.39, 0.29) is 6.04 Å². The molecule has 7 rings (SSSR count). The highest BCUT2D eigenvalue weighted by atomic mass is 16.5. The van der Waals surface area contributed by atoms with E-state index >= 15 is 0 Å². The molecule has 1 N–H and O–H groups in total. The van der Waals surface area contributed by atoms with Gasteiger partial charge in [-0.1, -0.05) is 66.7 Å². The Bertz CT molecular complexity index is 1800. The molecule has 0 bridgehead atoms. The molecular formula is C33H28N6O. The zero-order valence-electron chi connectivity index (χ0n) is 22.5. The summed E-state index contributed by atoms with van der Waals surface area (Å²) < 4.78 is 7.85. The lowest BCUT2D eigenvalue weighted by Crippen LogP contribution is -2.48. The van der Waals surface area contributed by atoms with Gasteiger partial charge < -0.3 is 15.0 Å². The van der Waals surface area contributed by atoms with Gasteiger partial charge in [-0.3, -0.25) is 0 Å². The van der Waals surface area contributed by atoms with Crippen LogP contribution in [0.4, 0.5) is 22.9 Å². The monoisotopic (exact) mass is 524 g/mol. The van der Waals surface area contributed by atoms with Gasteiger partial charge in [-0.05, 0) is 55.8 Å². The lowest BCUT2D eigenvalue weighted by molar-refractivity contribution is 0.407. The molecule has 3 heterocycles. The van der Waals surface area contributed by atoms with E-state index in [9.17, 15) is 0 Å². The first-order valence-electron chi connectivity index (χ1n) is 13.3. The van der Waals surface area contributed by atoms with Gasteiger partial charge in [0.1, 0.15) is 5.75 Å². The molecule has 0 aliphatic carbocycles. The van der Waals surface area contributed by atoms with Crippen molar-refractivity contribution in [2.45, 2.75) is 19.9 Å². The SMILES string of the molecule is COc1ccccc1[C@H]1c2c(C)nn(-c3ccccc3)c2N=C2C(=Nc3ccccc3C)Nc3ccccc3N21. The number of aryl methyl sites for hydroxylation is 2. The molecular weight excluding hydrogens is 496 g/mol. The maximum absolute atomic E-state index is 5.91. The predicted molar refractivity (Wildman–Crippen MR) is 161 cm³/mol. The predicted octanol–water partition coefficient (Wildman–Crippen LogP) is 7.29. The van der Waals surface area contributed by atoms with Crippen molar-refractivity contribution in [1.29, 1.82) is 0 Å². The molecule has 196 valence electrons. The Morgan fingerprint density at radius 1 is 0.825 bits per heavy atom. The Morgan fingerprint density at radius 2 is 1.55 bits per heavy atom. The van der Waals surface area contributed by atoms with Crippen molar-refractivity contribution in [3.63, 3.8) is 0 Å². The van der Waals surface area contributed by atoms with E-state index in [1.807, 2.05) is 71.4 Å². The van der Waals surface area contributed by atoms with Gasteiger partial charge in [-0.25, -0.2) is 14.7 Å². The summed E-state index contributed by atoms with van der Waals surface area (Å²) in [5.74, 6) is 2.99. The maximum atomic E-state index is 5.91. The van der Waals surface area contributed by atoms with Gasteiger partial charge in [-0.2, -0.15) is 5.10 Å². The van der Waals surface area contributed by atoms with Crippen LogP contribution in [0.1, 0.15) is 28.4 Å². The third kappa shape index (κ3) is 3.78. The largest absolute Gasteiger partial charge is 0.496 e. The third-order valence-electron chi connectivity index (χ3n) is 7.46. The summed E-state index contributed by atoms with van der Waals surface area (Å²) in [5.41, 5.74) is 7.87. The van der Waals surface area contributed by atoms with Crippen molar-refractivity contribution in [1.82, 2.24) is 9.78 Å². The summed E-state index contributed by atoms with van der Waals surface area (Å²) in [4.78, 5) is 12.7. The van der Waals surface area contributed by atoms with Crippen molar-refractivity contribution in [2.24, 2.45) is 9.98 Å². The number of nitrogens with one attached hydrogen (secondary N) is 1. The van der Waals surface area contributed by atoms with Crippen LogP contribution in [-0.4, -0.2) is 28.6 Å². The number of rotatable bonds is 4. The molecule has 0 radical (unpaired) electrons. The van der Waals surface area contributed by atoms with Crippen molar-refractivity contribution in [3.05, 3.63) is 126 Å². The minimum absolute atomic E-state index is 0.249. The molecule has 1 atom stereocenters. The fourth-order valence-electron chi connectivity index (χ4n) is 5.58. The molecule has 0 fully saturated rings. The molecule has 2 aliphatic rings. The molecule has 0 unspecified atom stereocenters. The number of anilines is 2. The minimum atomic E-state index is -0.249. The number of amidine groups is 2. The molecule has 1 aromatic heterocycles. The average Bonchev–Trinajstić information content (AvgIpc) is 3.33. The molecule has 7 heteroatoms. The van der Waals surface area contributed by atoms with E-state index < -0.39 is 0 Å². The van der Waals surface area contributed by atoms with Crippen LogP contribution in [0.5, 0.6) is 5.75 Å². The first-order chi connectivity index (χ1) is 19.6. The molecule has 4 aromatic carbocycles. The van der Waals surface area contributed by atoms with Gasteiger partial charge in [0.15, 0.2) is 17.5 Å². The van der Waals surface area contributed by atoms with Gasteiger partial charge >= 0.3 is 0 Å². The van der Waals surface area contributed by atoms with Crippen LogP contribution in [0.25, 0.3) is 5.69 Å². The maximum Gasteiger partial charge on any atom is 0.179 e. The summed E-state index contributed by atoms with van der Waals surface area (Å²) in [6, 6.07) is 34.5. The Hall–Kier alpha value is -5.17. The molecule has 40 heavy (non-hydrogen) atoms. The highest BCUT2D eigenvalue weighted by Gasteiger charge is 2.42. The number of aliphatic imine (C=N–C) groups is 2. The van der Waals surface area contributed by atoms with E-state index in [4.69, 9.17) is 19.8 Å². The van der Waals surface area contributed by atoms with E-state index in [2.05, 4.69) is 60.5 Å². The van der Waals surface area contributed by atoms with Crippen molar-refractivity contribution >= 4 is 34.6 Å². The van der Waals surface area contributed by atoms with Crippen molar-refractivity contribution in [3.8, 4) is 11.4 Å². The fourth-order valence-corrected chi connectivity index (χ4v) is 5.58. The van der Waals surface area contributed by atoms with Gasteiger partial charge in [0.25, 0.3) is 0 Å². The molecule has 7 nitrogen and oxygen atoms in total. The zero-order valence-corrected chi connectivity index (χ0v) is 22.5. The van der Waals surface area contributed by atoms with E-state index in [1.54, 1.807) is 7.11 Å². The van der Waals surface area contributed by atoms with Crippen LogP contribution in [-0.2, 0) is 0 Å². The second-order valence-corrected chi connectivity index (χ2v) is 9.91. The molecule has 5 aromatic rings. The number of benzene rings is 4. The Balaban J connectivity index is 1.56. The summed E-state index contributed by atoms with van der Waals surface area (Å²) in [5, 5.41) is 8.60. The van der Waals surface area contributed by atoms with E-state index in [0.717, 1.165) is 62.5 Å². The molecule has 2 aliphatic heterocycles. The summed E-state index contributed by atoms with van der Waals surface area (Å²) in [6.45, 7) is 4.12. The second-order valence-electron chi connectivity index (χ2n) is 9.91. The first-order valence-corrected chi connectivity index (χ1v) is 13.3. The number of nitrogens with zero attached hydrogens (tertiary/aromatic N) is 5. The van der Waals surface area contributed by atoms with Crippen LogP contribution in [0, 0.1) is 13.8 Å². The summed E-state index contributed by atoms with van der Waals surface area (Å²) in [7, 11) is 1.72. The normalized spacial score (nSPS) is 16.5. The number of hydrogen-bond acceptors (Lipinski definition) is 5. The van der Waals surface area contributed by atoms with Crippen LogP contribution in [0.15, 0.2) is 113 Å². The smallest absolute Gasteiger partial charge is 0.179 e. The number of ether oxygens (including phenoxy) is 1. The Morgan fingerprint density at radius 3 is 2.38 bits per heavy atom. The minimum Gasteiger partial charge on any atom is -0.496 e. The highest BCUT2D eigenvalue weighted by Crippen LogP contribution is 2.49. The van der Waals surface area contributed by atoms with Gasteiger partial charge in [-0.15, -0.1) is 0 Å². The van der Waals surface area contributed by atoms with Crippen molar-refractivity contribution in [2.75, 3.05) is 17.3 Å². The van der Waals surface area contributed by atoms with Crippen LogP contribution < -0.4 is 15.0 Å². The summed E-state index contributed by atoms with van der Waals surface area (Å²) >= 11 is 0. The van der Waals surface area contributed by atoms with Gasteiger partial charge in [0.2, 0.25) is 0 Å². The van der Waals surface area contributed by atoms with Crippen LogP contribution in [0.2, 0.25) is 0 Å². The van der Waals surface area contributed by atoms with Crippen molar-refractivity contribution < 1.29 is 4.74 Å². The fraction of sp³-hybridized carbons (Fsp3) is 0.121. The molecule has 0 saturated heterocycles.